The summed E-state index contributed by atoms with van der Waals surface area (Å²) in [5, 5.41) is 14.0. The van der Waals surface area contributed by atoms with E-state index < -0.39 is 0 Å². The first-order chi connectivity index (χ1) is 12.1. The van der Waals surface area contributed by atoms with Crippen LogP contribution >= 0.6 is 0 Å². The van der Waals surface area contributed by atoms with E-state index in [0.717, 1.165) is 18.0 Å². The van der Waals surface area contributed by atoms with Crippen LogP contribution in [0, 0.1) is 5.92 Å². The number of amides is 1. The third kappa shape index (κ3) is 5.14. The lowest BCUT2D eigenvalue weighted by Gasteiger charge is -2.20. The molecule has 2 heterocycles. The normalized spacial score (nSPS) is 15.6. The van der Waals surface area contributed by atoms with Gasteiger partial charge in [-0.3, -0.25) is 9.89 Å². The van der Waals surface area contributed by atoms with Gasteiger partial charge in [-0.05, 0) is 12.3 Å². The molecule has 0 atom stereocenters. The lowest BCUT2D eigenvalue weighted by atomic mass is 9.86. The minimum atomic E-state index is -0.0972. The molecule has 0 unspecified atom stereocenters. The van der Waals surface area contributed by atoms with E-state index >= 15 is 0 Å². The summed E-state index contributed by atoms with van der Waals surface area (Å²) < 4.78 is 5.15. The number of nitrogens with one attached hydrogen (secondary N) is 2. The summed E-state index contributed by atoms with van der Waals surface area (Å²) in [5.74, 6) is 2.63. The average Bonchev–Trinajstić information content (AvgIpc) is 3.23. The minimum absolute atomic E-state index is 0.0972. The summed E-state index contributed by atoms with van der Waals surface area (Å²) in [5.41, 5.74) is 1.10. The Morgan fingerprint density at radius 2 is 2.16 bits per heavy atom. The highest BCUT2D eigenvalue weighted by atomic mass is 16.5. The topological polar surface area (TPSA) is 96.7 Å². The van der Waals surface area contributed by atoms with Crippen molar-refractivity contribution in [1.29, 1.82) is 0 Å². The van der Waals surface area contributed by atoms with Gasteiger partial charge in [0.2, 0.25) is 11.8 Å². The number of nitrogens with zero attached hydrogens (tertiary/aromatic N) is 3. The number of H-pyrrole nitrogens is 1. The quantitative estimate of drug-likeness (QED) is 0.799. The number of anilines is 1. The van der Waals surface area contributed by atoms with E-state index in [4.69, 9.17) is 4.52 Å². The maximum atomic E-state index is 12.1. The van der Waals surface area contributed by atoms with Crippen LogP contribution in [-0.2, 0) is 17.6 Å². The molecule has 3 rings (SSSR count). The molecule has 25 heavy (non-hydrogen) atoms. The van der Waals surface area contributed by atoms with Crippen LogP contribution in [0.25, 0.3) is 0 Å². The fourth-order valence-electron chi connectivity index (χ4n) is 3.26. The van der Waals surface area contributed by atoms with Crippen LogP contribution in [0.4, 0.5) is 5.82 Å². The summed E-state index contributed by atoms with van der Waals surface area (Å²) in [6.07, 6.45) is 8.36. The number of hydrogen-bond acceptors (Lipinski definition) is 5. The van der Waals surface area contributed by atoms with E-state index in [9.17, 15) is 4.79 Å². The summed E-state index contributed by atoms with van der Waals surface area (Å²) in [7, 11) is 0. The highest BCUT2D eigenvalue weighted by Crippen LogP contribution is 2.26. The number of carbonyl (C=O) groups excluding carboxylic acids is 1. The van der Waals surface area contributed by atoms with Crippen molar-refractivity contribution in [2.45, 2.75) is 71.1 Å². The fourth-order valence-corrected chi connectivity index (χ4v) is 3.26. The second-order valence-electron chi connectivity index (χ2n) is 7.24. The average molecular weight is 345 g/mol. The number of rotatable bonds is 7. The summed E-state index contributed by atoms with van der Waals surface area (Å²) in [4.78, 5) is 16.3. The minimum Gasteiger partial charge on any atom is -0.339 e. The van der Waals surface area contributed by atoms with Gasteiger partial charge in [-0.15, -0.1) is 0 Å². The molecule has 1 aliphatic carbocycles. The van der Waals surface area contributed by atoms with Crippen molar-refractivity contribution < 1.29 is 9.32 Å². The van der Waals surface area contributed by atoms with E-state index in [2.05, 4.69) is 25.7 Å². The molecule has 136 valence electrons. The van der Waals surface area contributed by atoms with E-state index in [-0.39, 0.29) is 11.8 Å². The Hall–Kier alpha value is -2.18. The molecule has 2 aromatic rings. The third-order valence-corrected chi connectivity index (χ3v) is 4.70. The Morgan fingerprint density at radius 3 is 2.88 bits per heavy atom. The van der Waals surface area contributed by atoms with Gasteiger partial charge in [0, 0.05) is 30.5 Å². The zero-order valence-electron chi connectivity index (χ0n) is 15.0. The molecule has 0 bridgehead atoms. The first kappa shape index (κ1) is 17.6. The van der Waals surface area contributed by atoms with E-state index in [0.29, 0.717) is 30.4 Å². The zero-order valence-corrected chi connectivity index (χ0v) is 15.0. The predicted octanol–water partition coefficient (Wildman–Crippen LogP) is 3.61. The van der Waals surface area contributed by atoms with Gasteiger partial charge in [-0.1, -0.05) is 51.1 Å². The molecule has 2 N–H and O–H groups in total. The highest BCUT2D eigenvalue weighted by Gasteiger charge is 2.16. The fraction of sp³-hybridized carbons (Fsp3) is 0.667. The molecule has 1 aliphatic rings. The van der Waals surface area contributed by atoms with Crippen LogP contribution in [0.5, 0.6) is 0 Å². The molecule has 2 aromatic heterocycles. The van der Waals surface area contributed by atoms with E-state index in [1.807, 2.05) is 19.9 Å². The first-order valence-corrected chi connectivity index (χ1v) is 9.26. The van der Waals surface area contributed by atoms with Gasteiger partial charge in [0.25, 0.3) is 0 Å². The summed E-state index contributed by atoms with van der Waals surface area (Å²) in [6, 6.07) is 1.94. The predicted molar refractivity (Wildman–Crippen MR) is 94.2 cm³/mol. The lowest BCUT2D eigenvalue weighted by molar-refractivity contribution is -0.116. The van der Waals surface area contributed by atoms with E-state index in [1.54, 1.807) is 0 Å². The Morgan fingerprint density at radius 1 is 1.36 bits per heavy atom. The van der Waals surface area contributed by atoms with Gasteiger partial charge >= 0.3 is 0 Å². The Kier molecular flexibility index (Phi) is 5.83. The van der Waals surface area contributed by atoms with Crippen molar-refractivity contribution in [1.82, 2.24) is 20.3 Å². The SMILES string of the molecule is CC(C)c1noc(CCC(=O)Nc2cc(CC3CCCCC3)[nH]n2)n1. The Bertz CT molecular complexity index is 685. The molecule has 7 heteroatoms. The van der Waals surface area contributed by atoms with Crippen LogP contribution in [0.15, 0.2) is 10.6 Å². The second-order valence-corrected chi connectivity index (χ2v) is 7.24. The van der Waals surface area contributed by atoms with Crippen LogP contribution in [0.2, 0.25) is 0 Å². The number of aromatic nitrogens is 4. The van der Waals surface area contributed by atoms with Gasteiger partial charge in [0.05, 0.1) is 0 Å². The van der Waals surface area contributed by atoms with Crippen LogP contribution in [0.1, 0.15) is 75.7 Å². The van der Waals surface area contributed by atoms with Crippen molar-refractivity contribution in [3.8, 4) is 0 Å². The Balaban J connectivity index is 1.44. The van der Waals surface area contributed by atoms with Gasteiger partial charge in [0.1, 0.15) is 0 Å². The number of carbonyl (C=O) groups is 1. The number of hydrogen-bond donors (Lipinski definition) is 2. The van der Waals surface area contributed by atoms with Crippen LogP contribution < -0.4 is 5.32 Å². The molecule has 1 amide bonds. The van der Waals surface area contributed by atoms with Crippen LogP contribution in [-0.4, -0.2) is 26.2 Å². The van der Waals surface area contributed by atoms with Crippen molar-refractivity contribution in [3.63, 3.8) is 0 Å². The van der Waals surface area contributed by atoms with Crippen molar-refractivity contribution >= 4 is 11.7 Å². The van der Waals surface area contributed by atoms with Gasteiger partial charge < -0.3 is 9.84 Å². The molecule has 0 aliphatic heterocycles. The molecule has 0 spiro atoms. The largest absolute Gasteiger partial charge is 0.339 e. The van der Waals surface area contributed by atoms with Crippen LogP contribution in [0.3, 0.4) is 0 Å². The van der Waals surface area contributed by atoms with Crippen molar-refractivity contribution in [2.24, 2.45) is 5.92 Å². The summed E-state index contributed by atoms with van der Waals surface area (Å²) >= 11 is 0. The smallest absolute Gasteiger partial charge is 0.227 e. The first-order valence-electron chi connectivity index (χ1n) is 9.26. The van der Waals surface area contributed by atoms with E-state index in [1.165, 1.54) is 32.1 Å². The van der Waals surface area contributed by atoms with Crippen molar-refractivity contribution in [3.05, 3.63) is 23.5 Å². The summed E-state index contributed by atoms with van der Waals surface area (Å²) in [6.45, 7) is 4.01. The van der Waals surface area contributed by atoms with Crippen molar-refractivity contribution in [2.75, 3.05) is 5.32 Å². The number of aromatic amines is 1. The monoisotopic (exact) mass is 345 g/mol. The second kappa shape index (κ2) is 8.27. The lowest BCUT2D eigenvalue weighted by Crippen LogP contribution is -2.12. The Labute approximate surface area is 148 Å². The van der Waals surface area contributed by atoms with Gasteiger partial charge in [0.15, 0.2) is 11.6 Å². The molecule has 0 radical (unpaired) electrons. The maximum absolute atomic E-state index is 12.1. The molecular formula is C18H27N5O2. The molecular weight excluding hydrogens is 318 g/mol. The molecule has 7 nitrogen and oxygen atoms in total. The zero-order chi connectivity index (χ0) is 17.6. The van der Waals surface area contributed by atoms with Gasteiger partial charge in [-0.25, -0.2) is 0 Å². The maximum Gasteiger partial charge on any atom is 0.227 e. The molecule has 0 aromatic carbocycles. The third-order valence-electron chi connectivity index (χ3n) is 4.70. The number of aryl methyl sites for hydroxylation is 1. The standard InChI is InChI=1S/C18H27N5O2/c1-12(2)18-20-17(25-23-18)9-8-16(24)19-15-11-14(21-22-15)10-13-6-4-3-5-7-13/h11-13H,3-10H2,1-2H3,(H2,19,21,22,24). The molecule has 1 fully saturated rings. The van der Waals surface area contributed by atoms with Gasteiger partial charge in [-0.2, -0.15) is 10.1 Å². The molecule has 0 saturated heterocycles. The molecule has 1 saturated carbocycles. The highest BCUT2D eigenvalue weighted by molar-refractivity contribution is 5.89.